The molecule has 0 bridgehead atoms. The van der Waals surface area contributed by atoms with Gasteiger partial charge in [0, 0.05) is 23.7 Å². The molecule has 6 nitrogen and oxygen atoms in total. The average molecular weight is 438 g/mol. The first-order chi connectivity index (χ1) is 15.1. The van der Waals surface area contributed by atoms with Crippen LogP contribution in [0.5, 0.6) is 5.75 Å². The molecular weight excluding hydrogens is 411 g/mol. The molecule has 7 heteroatoms. The quantitative estimate of drug-likeness (QED) is 0.397. The number of hydrogen-bond donors (Lipinski definition) is 1. The van der Waals surface area contributed by atoms with Gasteiger partial charge in [0.2, 0.25) is 0 Å². The second-order valence-electron chi connectivity index (χ2n) is 8.11. The summed E-state index contributed by atoms with van der Waals surface area (Å²) >= 11 is 0. The van der Waals surface area contributed by atoms with E-state index < -0.39 is 17.3 Å². The van der Waals surface area contributed by atoms with Crippen molar-refractivity contribution in [3.8, 4) is 16.9 Å². The van der Waals surface area contributed by atoms with E-state index in [9.17, 15) is 14.0 Å². The van der Waals surface area contributed by atoms with Gasteiger partial charge >= 0.3 is 5.97 Å². The van der Waals surface area contributed by atoms with Crippen molar-refractivity contribution in [2.24, 2.45) is 0 Å². The third-order valence-electron chi connectivity index (χ3n) is 5.39. The van der Waals surface area contributed by atoms with Gasteiger partial charge in [-0.05, 0) is 50.6 Å². The van der Waals surface area contributed by atoms with Crippen LogP contribution in [-0.2, 0) is 20.9 Å². The molecule has 0 aromatic heterocycles. The van der Waals surface area contributed by atoms with E-state index in [1.807, 2.05) is 6.07 Å². The van der Waals surface area contributed by atoms with Crippen LogP contribution in [0.4, 0.5) is 15.8 Å². The Kier molecular flexibility index (Phi) is 6.39. The summed E-state index contributed by atoms with van der Waals surface area (Å²) in [7, 11) is 3.17. The normalized spacial score (nSPS) is 15.0. The Balaban J connectivity index is 2.20. The molecule has 168 valence electrons. The summed E-state index contributed by atoms with van der Waals surface area (Å²) < 4.78 is 25.1. The lowest BCUT2D eigenvalue weighted by Gasteiger charge is -2.39. The van der Waals surface area contributed by atoms with Crippen LogP contribution in [0.3, 0.4) is 0 Å². The summed E-state index contributed by atoms with van der Waals surface area (Å²) in [6.07, 6.45) is 3.06. The molecule has 0 atom stereocenters. The van der Waals surface area contributed by atoms with Gasteiger partial charge in [-0.15, -0.1) is 0 Å². The minimum absolute atomic E-state index is 0.126. The number of methoxy groups -OCH3 is 1. The third kappa shape index (κ3) is 4.23. The highest BCUT2D eigenvalue weighted by Gasteiger charge is 2.38. The van der Waals surface area contributed by atoms with Gasteiger partial charge in [0.15, 0.2) is 0 Å². The predicted molar refractivity (Wildman–Crippen MR) is 123 cm³/mol. The number of allylic oxidation sites excluding steroid dienone is 2. The minimum atomic E-state index is -0.808. The van der Waals surface area contributed by atoms with Crippen LogP contribution in [0.25, 0.3) is 11.1 Å². The number of hydrogen-bond acceptors (Lipinski definition) is 5. The molecule has 0 unspecified atom stereocenters. The number of likely N-dealkylation sites (N-methyl/N-ethyl adjacent to an activating group) is 1. The van der Waals surface area contributed by atoms with Crippen LogP contribution >= 0.6 is 0 Å². The molecule has 0 spiro atoms. The molecule has 0 aliphatic carbocycles. The van der Waals surface area contributed by atoms with Crippen molar-refractivity contribution in [3.63, 3.8) is 0 Å². The molecule has 1 aliphatic rings. The second-order valence-corrected chi connectivity index (χ2v) is 8.11. The lowest BCUT2D eigenvalue weighted by Crippen LogP contribution is -2.52. The molecular formula is C25H27FN2O4. The van der Waals surface area contributed by atoms with Crippen molar-refractivity contribution in [2.45, 2.75) is 32.9 Å². The summed E-state index contributed by atoms with van der Waals surface area (Å²) in [5, 5.41) is 3.24. The van der Waals surface area contributed by atoms with Crippen LogP contribution in [0, 0.1) is 5.82 Å². The fraction of sp³-hybridized carbons (Fsp3) is 0.280. The van der Waals surface area contributed by atoms with Crippen molar-refractivity contribution >= 4 is 23.3 Å². The zero-order chi connectivity index (χ0) is 23.6. The molecule has 1 N–H and O–H groups in total. The molecule has 0 radical (unpaired) electrons. The van der Waals surface area contributed by atoms with E-state index in [1.165, 1.54) is 36.3 Å². The molecule has 32 heavy (non-hydrogen) atoms. The summed E-state index contributed by atoms with van der Waals surface area (Å²) in [5.74, 6) is -0.643. The van der Waals surface area contributed by atoms with Crippen LogP contribution in [0.15, 0.2) is 54.6 Å². The number of nitrogens with one attached hydrogen (secondary N) is 1. The highest BCUT2D eigenvalue weighted by Crippen LogP contribution is 2.44. The standard InChI is InChI=1S/C25H27FN2O4/c1-7-8-15(2)23(29)32-14-19-17(18-13-16(26)9-12-21(18)31-6)10-11-20-22(19)28(5)24(30)25(3,4)27-20/h7-13,27H,1,14H2,2-6H3/b15-8+. The zero-order valence-electron chi connectivity index (χ0n) is 18.9. The molecule has 3 rings (SSSR count). The maximum atomic E-state index is 14.2. The van der Waals surface area contributed by atoms with E-state index >= 15 is 0 Å². The number of carbonyl (C=O) groups excluding carboxylic acids is 2. The Morgan fingerprint density at radius 1 is 1.25 bits per heavy atom. The number of ether oxygens (including phenoxy) is 2. The average Bonchev–Trinajstić information content (AvgIpc) is 2.75. The summed E-state index contributed by atoms with van der Waals surface area (Å²) in [4.78, 5) is 26.9. The van der Waals surface area contributed by atoms with Gasteiger partial charge in [-0.1, -0.05) is 24.8 Å². The van der Waals surface area contributed by atoms with Gasteiger partial charge in [0.1, 0.15) is 23.7 Å². The number of rotatable bonds is 6. The maximum absolute atomic E-state index is 14.2. The summed E-state index contributed by atoms with van der Waals surface area (Å²) in [6.45, 7) is 8.67. The molecule has 2 aromatic rings. The number of esters is 1. The maximum Gasteiger partial charge on any atom is 0.334 e. The number of carbonyl (C=O) groups is 2. The summed E-state index contributed by atoms with van der Waals surface area (Å²) in [5.41, 5.74) is 2.50. The van der Waals surface area contributed by atoms with Gasteiger partial charge in [-0.2, -0.15) is 0 Å². The van der Waals surface area contributed by atoms with Crippen molar-refractivity contribution < 1.29 is 23.5 Å². The van der Waals surface area contributed by atoms with Crippen molar-refractivity contribution in [2.75, 3.05) is 24.4 Å². The van der Waals surface area contributed by atoms with Crippen molar-refractivity contribution in [3.05, 3.63) is 66.0 Å². The number of fused-ring (bicyclic) bond motifs is 1. The molecule has 0 saturated heterocycles. The SMILES string of the molecule is C=C/C=C(\C)C(=O)OCc1c(-c2cc(F)ccc2OC)ccc2c1N(C)C(=O)C(C)(C)N2. The number of benzene rings is 2. The highest BCUT2D eigenvalue weighted by atomic mass is 19.1. The number of anilines is 2. The monoisotopic (exact) mass is 438 g/mol. The first-order valence-electron chi connectivity index (χ1n) is 10.1. The van der Waals surface area contributed by atoms with Gasteiger partial charge in [-0.3, -0.25) is 4.79 Å². The molecule has 1 aliphatic heterocycles. The number of amides is 1. The smallest absolute Gasteiger partial charge is 0.334 e. The first-order valence-corrected chi connectivity index (χ1v) is 10.1. The van der Waals surface area contributed by atoms with E-state index in [2.05, 4.69) is 11.9 Å². The van der Waals surface area contributed by atoms with Crippen molar-refractivity contribution in [1.29, 1.82) is 0 Å². The van der Waals surface area contributed by atoms with E-state index in [0.29, 0.717) is 39.4 Å². The van der Waals surface area contributed by atoms with E-state index in [1.54, 1.807) is 40.0 Å². The lowest BCUT2D eigenvalue weighted by atomic mass is 9.92. The second kappa shape index (κ2) is 8.86. The molecule has 1 amide bonds. The van der Waals surface area contributed by atoms with Crippen LogP contribution in [0.1, 0.15) is 26.3 Å². The first kappa shape index (κ1) is 23.1. The fourth-order valence-electron chi connectivity index (χ4n) is 3.82. The lowest BCUT2D eigenvalue weighted by molar-refractivity contribution is -0.140. The Bertz CT molecular complexity index is 1120. The van der Waals surface area contributed by atoms with Crippen LogP contribution < -0.4 is 15.0 Å². The Morgan fingerprint density at radius 2 is 1.97 bits per heavy atom. The van der Waals surface area contributed by atoms with E-state index in [-0.39, 0.29) is 12.5 Å². The van der Waals surface area contributed by atoms with Gasteiger partial charge < -0.3 is 19.7 Å². The van der Waals surface area contributed by atoms with Gasteiger partial charge in [0.25, 0.3) is 5.91 Å². The van der Waals surface area contributed by atoms with Crippen molar-refractivity contribution in [1.82, 2.24) is 0 Å². The Morgan fingerprint density at radius 3 is 2.62 bits per heavy atom. The predicted octanol–water partition coefficient (Wildman–Crippen LogP) is 4.84. The van der Waals surface area contributed by atoms with Gasteiger partial charge in [0.05, 0.1) is 18.5 Å². The highest BCUT2D eigenvalue weighted by molar-refractivity contribution is 6.08. The third-order valence-corrected chi connectivity index (χ3v) is 5.39. The Labute approximate surface area is 187 Å². The molecule has 1 heterocycles. The summed E-state index contributed by atoms with van der Waals surface area (Å²) in [6, 6.07) is 7.83. The topological polar surface area (TPSA) is 67.9 Å². The molecule has 2 aromatic carbocycles. The van der Waals surface area contributed by atoms with Crippen LogP contribution in [-0.4, -0.2) is 31.6 Å². The largest absolute Gasteiger partial charge is 0.496 e. The van der Waals surface area contributed by atoms with Gasteiger partial charge in [-0.25, -0.2) is 9.18 Å². The zero-order valence-corrected chi connectivity index (χ0v) is 18.9. The Hall–Kier alpha value is -3.61. The molecule has 0 fully saturated rings. The van der Waals surface area contributed by atoms with Crippen LogP contribution in [0.2, 0.25) is 0 Å². The van der Waals surface area contributed by atoms with E-state index in [4.69, 9.17) is 9.47 Å². The number of nitrogens with zero attached hydrogens (tertiary/aromatic N) is 1. The number of halogens is 1. The van der Waals surface area contributed by atoms with E-state index in [0.717, 1.165) is 0 Å². The minimum Gasteiger partial charge on any atom is -0.496 e. The fourth-order valence-corrected chi connectivity index (χ4v) is 3.82. The molecule has 0 saturated carbocycles.